The Kier molecular flexibility index (Phi) is 4.91. The third-order valence-corrected chi connectivity index (χ3v) is 4.42. The molecule has 4 aromatic rings. The van der Waals surface area contributed by atoms with Gasteiger partial charge in [-0.2, -0.15) is 10.4 Å². The molecule has 1 atom stereocenters. The number of aliphatic hydroxyl groups is 1. The maximum absolute atomic E-state index is 10.4. The maximum Gasteiger partial charge on any atom is 0.166 e. The molecule has 1 N–H and O–H groups in total. The number of rotatable bonds is 5. The largest absolute Gasteiger partial charge is 0.386 e. The summed E-state index contributed by atoms with van der Waals surface area (Å²) in [5.41, 5.74) is 4.18. The van der Waals surface area contributed by atoms with Crippen molar-refractivity contribution in [1.29, 1.82) is 5.26 Å². The van der Waals surface area contributed by atoms with Gasteiger partial charge in [0.2, 0.25) is 0 Å². The van der Waals surface area contributed by atoms with Crippen LogP contribution in [-0.4, -0.2) is 24.9 Å². The molecule has 0 unspecified atom stereocenters. The highest BCUT2D eigenvalue weighted by atomic mass is 16.3. The van der Waals surface area contributed by atoms with Gasteiger partial charge in [-0.1, -0.05) is 48.5 Å². The van der Waals surface area contributed by atoms with Crippen molar-refractivity contribution in [2.24, 2.45) is 0 Å². The van der Waals surface area contributed by atoms with Crippen molar-refractivity contribution in [1.82, 2.24) is 19.7 Å². The number of aromatic nitrogens is 4. The van der Waals surface area contributed by atoms with Gasteiger partial charge in [-0.3, -0.25) is 9.67 Å². The van der Waals surface area contributed by atoms with Gasteiger partial charge in [-0.05, 0) is 17.7 Å². The highest BCUT2D eigenvalue weighted by Crippen LogP contribution is 2.26. The molecule has 0 aliphatic carbocycles. The molecule has 0 saturated heterocycles. The van der Waals surface area contributed by atoms with Crippen LogP contribution in [0.3, 0.4) is 0 Å². The van der Waals surface area contributed by atoms with E-state index in [0.29, 0.717) is 12.2 Å². The predicted octanol–water partition coefficient (Wildman–Crippen LogP) is 3.61. The molecule has 28 heavy (non-hydrogen) atoms. The summed E-state index contributed by atoms with van der Waals surface area (Å²) < 4.78 is 1.72. The van der Waals surface area contributed by atoms with E-state index in [1.807, 2.05) is 66.9 Å². The molecule has 0 aliphatic rings. The average molecular weight is 367 g/mol. The van der Waals surface area contributed by atoms with Crippen LogP contribution in [0.4, 0.5) is 0 Å². The van der Waals surface area contributed by atoms with Crippen molar-refractivity contribution < 1.29 is 5.11 Å². The summed E-state index contributed by atoms with van der Waals surface area (Å²) in [5, 5.41) is 24.2. The summed E-state index contributed by atoms with van der Waals surface area (Å²) >= 11 is 0. The first kappa shape index (κ1) is 17.6. The lowest BCUT2D eigenvalue weighted by Gasteiger charge is -2.10. The minimum absolute atomic E-state index is 0.288. The van der Waals surface area contributed by atoms with Gasteiger partial charge in [0.1, 0.15) is 11.8 Å². The zero-order valence-electron chi connectivity index (χ0n) is 15.0. The lowest BCUT2D eigenvalue weighted by atomic mass is 10.0. The number of aliphatic hydroxyl groups excluding tert-OH is 1. The van der Waals surface area contributed by atoms with Gasteiger partial charge in [0.05, 0.1) is 18.3 Å². The average Bonchev–Trinajstić information content (AvgIpc) is 3.23. The Balaban J connectivity index is 1.59. The molecule has 0 spiro atoms. The minimum atomic E-state index is -0.627. The highest BCUT2D eigenvalue weighted by molar-refractivity contribution is 5.71. The Hall–Kier alpha value is -3.82. The predicted molar refractivity (Wildman–Crippen MR) is 105 cm³/mol. The molecule has 2 aromatic carbocycles. The molecule has 0 saturated carbocycles. The van der Waals surface area contributed by atoms with Crippen LogP contribution in [0.5, 0.6) is 0 Å². The maximum atomic E-state index is 10.4. The first-order chi connectivity index (χ1) is 13.7. The SMILES string of the molecule is N#Cc1nccnc1-c1cccc(-c2ccn(C[C@H](O)c3ccccc3)n2)c1. The second-order valence-electron chi connectivity index (χ2n) is 6.30. The van der Waals surface area contributed by atoms with Crippen LogP contribution in [0.2, 0.25) is 0 Å². The van der Waals surface area contributed by atoms with Gasteiger partial charge in [0.15, 0.2) is 5.69 Å². The molecule has 0 fully saturated rings. The van der Waals surface area contributed by atoms with Gasteiger partial charge >= 0.3 is 0 Å². The molecule has 6 heteroatoms. The molecule has 136 valence electrons. The van der Waals surface area contributed by atoms with Gasteiger partial charge in [0.25, 0.3) is 0 Å². The zero-order chi connectivity index (χ0) is 19.3. The van der Waals surface area contributed by atoms with E-state index in [9.17, 15) is 10.4 Å². The standard InChI is InChI=1S/C22H17N5O/c23-14-20-22(25-11-10-24-20)18-8-4-7-17(13-18)19-9-12-27(26-19)15-21(28)16-5-2-1-3-6-16/h1-13,21,28H,15H2/t21-/m0/s1. The molecule has 6 nitrogen and oxygen atoms in total. The fourth-order valence-electron chi connectivity index (χ4n) is 3.03. The molecule has 4 rings (SSSR count). The van der Waals surface area contributed by atoms with E-state index in [4.69, 9.17) is 0 Å². The zero-order valence-corrected chi connectivity index (χ0v) is 15.0. The fourth-order valence-corrected chi connectivity index (χ4v) is 3.03. The van der Waals surface area contributed by atoms with E-state index in [-0.39, 0.29) is 5.69 Å². The van der Waals surface area contributed by atoms with Crippen molar-refractivity contribution in [2.75, 3.05) is 0 Å². The molecule has 0 amide bonds. The Labute approximate surface area is 162 Å². The smallest absolute Gasteiger partial charge is 0.166 e. The van der Waals surface area contributed by atoms with Crippen molar-refractivity contribution in [3.05, 3.63) is 90.5 Å². The number of hydrogen-bond donors (Lipinski definition) is 1. The number of hydrogen-bond acceptors (Lipinski definition) is 5. The van der Waals surface area contributed by atoms with Gasteiger partial charge in [-0.25, -0.2) is 4.98 Å². The van der Waals surface area contributed by atoms with Crippen molar-refractivity contribution >= 4 is 0 Å². The van der Waals surface area contributed by atoms with Crippen LogP contribution in [0.1, 0.15) is 17.4 Å². The van der Waals surface area contributed by atoms with E-state index < -0.39 is 6.10 Å². The summed E-state index contributed by atoms with van der Waals surface area (Å²) in [7, 11) is 0. The third-order valence-electron chi connectivity index (χ3n) is 4.42. The highest BCUT2D eigenvalue weighted by Gasteiger charge is 2.12. The van der Waals surface area contributed by atoms with Crippen molar-refractivity contribution in [3.8, 4) is 28.6 Å². The Morgan fingerprint density at radius 3 is 2.57 bits per heavy atom. The van der Waals surface area contributed by atoms with Crippen LogP contribution in [0.25, 0.3) is 22.5 Å². The van der Waals surface area contributed by atoms with Crippen LogP contribution in [-0.2, 0) is 6.54 Å². The summed E-state index contributed by atoms with van der Waals surface area (Å²) in [6, 6.07) is 21.2. The summed E-state index contributed by atoms with van der Waals surface area (Å²) in [6.07, 6.45) is 4.30. The van der Waals surface area contributed by atoms with Crippen LogP contribution < -0.4 is 0 Å². The van der Waals surface area contributed by atoms with Crippen LogP contribution in [0, 0.1) is 11.3 Å². The lowest BCUT2D eigenvalue weighted by molar-refractivity contribution is 0.151. The van der Waals surface area contributed by atoms with E-state index in [0.717, 1.165) is 22.4 Å². The second kappa shape index (κ2) is 7.82. The molecule has 2 aromatic heterocycles. The topological polar surface area (TPSA) is 87.6 Å². The molecule has 0 radical (unpaired) electrons. The summed E-state index contributed by atoms with van der Waals surface area (Å²) in [4.78, 5) is 8.36. The number of nitriles is 1. The van der Waals surface area contributed by atoms with Crippen molar-refractivity contribution in [3.63, 3.8) is 0 Å². The summed E-state index contributed by atoms with van der Waals surface area (Å²) in [5.74, 6) is 0. The Bertz CT molecular complexity index is 1130. The lowest BCUT2D eigenvalue weighted by Crippen LogP contribution is -2.09. The number of nitrogens with zero attached hydrogens (tertiary/aromatic N) is 5. The monoisotopic (exact) mass is 367 g/mol. The van der Waals surface area contributed by atoms with Crippen LogP contribution in [0.15, 0.2) is 79.3 Å². The van der Waals surface area contributed by atoms with Gasteiger partial charge < -0.3 is 5.11 Å². The third kappa shape index (κ3) is 3.65. The first-order valence-electron chi connectivity index (χ1n) is 8.83. The van der Waals surface area contributed by atoms with Gasteiger partial charge in [-0.15, -0.1) is 0 Å². The molecule has 2 heterocycles. The van der Waals surface area contributed by atoms with E-state index >= 15 is 0 Å². The Morgan fingerprint density at radius 2 is 1.75 bits per heavy atom. The van der Waals surface area contributed by atoms with E-state index in [1.165, 1.54) is 6.20 Å². The Morgan fingerprint density at radius 1 is 0.964 bits per heavy atom. The minimum Gasteiger partial charge on any atom is -0.386 e. The van der Waals surface area contributed by atoms with Gasteiger partial charge in [0, 0.05) is 29.7 Å². The first-order valence-corrected chi connectivity index (χ1v) is 8.83. The number of benzene rings is 2. The van der Waals surface area contributed by atoms with Crippen molar-refractivity contribution in [2.45, 2.75) is 12.6 Å². The second-order valence-corrected chi connectivity index (χ2v) is 6.30. The van der Waals surface area contributed by atoms with E-state index in [1.54, 1.807) is 10.9 Å². The molecular weight excluding hydrogens is 350 g/mol. The molecular formula is C22H17N5O. The molecule has 0 aliphatic heterocycles. The van der Waals surface area contributed by atoms with E-state index in [2.05, 4.69) is 21.1 Å². The molecule has 0 bridgehead atoms. The fraction of sp³-hybridized carbons (Fsp3) is 0.0909. The normalized spacial score (nSPS) is 11.7. The summed E-state index contributed by atoms with van der Waals surface area (Å²) in [6.45, 7) is 0.368. The van der Waals surface area contributed by atoms with Crippen LogP contribution >= 0.6 is 0 Å². The quantitative estimate of drug-likeness (QED) is 0.582.